The quantitative estimate of drug-likeness (QED) is 0.165. The number of hydrogen-bond acceptors (Lipinski definition) is 4. The van der Waals surface area contributed by atoms with Gasteiger partial charge in [-0.1, -0.05) is 84.5 Å². The zero-order valence-corrected chi connectivity index (χ0v) is 16.4. The molecule has 6 nitrogen and oxygen atoms in total. The zero-order chi connectivity index (χ0) is 18.6. The molecule has 0 rings (SSSR count). The number of nitrogens with two attached hydrogens (primary N) is 1. The zero-order valence-electron chi connectivity index (χ0n) is 16.4. The molecule has 0 radical (unpaired) electrons. The number of guanidine groups is 1. The molecule has 25 heavy (non-hydrogen) atoms. The van der Waals surface area contributed by atoms with Gasteiger partial charge in [0.15, 0.2) is 0 Å². The highest BCUT2D eigenvalue weighted by molar-refractivity contribution is 5.79. The third kappa shape index (κ3) is 18.7. The van der Waals surface area contributed by atoms with Gasteiger partial charge in [0.2, 0.25) is 5.96 Å². The monoisotopic (exact) mass is 356 g/mol. The van der Waals surface area contributed by atoms with E-state index in [1.165, 1.54) is 51.4 Å². The molecule has 0 aromatic carbocycles. The molecular formula is C19H40N4O2. The van der Waals surface area contributed by atoms with Gasteiger partial charge in [0, 0.05) is 13.0 Å². The van der Waals surface area contributed by atoms with Crippen LogP contribution in [0.25, 0.3) is 0 Å². The highest BCUT2D eigenvalue weighted by atomic mass is 16.7. The van der Waals surface area contributed by atoms with Gasteiger partial charge in [-0.25, -0.2) is 4.79 Å². The molecular weight excluding hydrogens is 316 g/mol. The SMILES string of the molecule is CCCCCCCCCCCNN=C(N)NOC(=O)CCCCCC. The van der Waals surface area contributed by atoms with Crippen LogP contribution < -0.4 is 16.6 Å². The van der Waals surface area contributed by atoms with E-state index in [4.69, 9.17) is 10.6 Å². The molecule has 0 atom stereocenters. The van der Waals surface area contributed by atoms with Crippen molar-refractivity contribution in [2.24, 2.45) is 10.8 Å². The Bertz CT molecular complexity index is 335. The van der Waals surface area contributed by atoms with Gasteiger partial charge >= 0.3 is 5.97 Å². The van der Waals surface area contributed by atoms with Crippen molar-refractivity contribution in [1.29, 1.82) is 0 Å². The first-order chi connectivity index (χ1) is 12.2. The van der Waals surface area contributed by atoms with E-state index in [-0.39, 0.29) is 11.9 Å². The number of hydrogen-bond donors (Lipinski definition) is 3. The van der Waals surface area contributed by atoms with Crippen LogP contribution in [-0.2, 0) is 9.63 Å². The maximum absolute atomic E-state index is 11.5. The van der Waals surface area contributed by atoms with E-state index in [0.29, 0.717) is 6.42 Å². The van der Waals surface area contributed by atoms with Gasteiger partial charge in [-0.3, -0.25) is 0 Å². The maximum Gasteiger partial charge on any atom is 0.332 e. The summed E-state index contributed by atoms with van der Waals surface area (Å²) >= 11 is 0. The molecule has 0 amide bonds. The Kier molecular flexibility index (Phi) is 17.8. The number of nitrogens with one attached hydrogen (secondary N) is 2. The molecule has 0 unspecified atom stereocenters. The molecule has 0 aromatic rings. The molecule has 6 heteroatoms. The minimum atomic E-state index is -0.298. The van der Waals surface area contributed by atoms with E-state index in [9.17, 15) is 4.79 Å². The summed E-state index contributed by atoms with van der Waals surface area (Å²) in [5.74, 6) is -0.217. The summed E-state index contributed by atoms with van der Waals surface area (Å²) in [4.78, 5) is 16.3. The van der Waals surface area contributed by atoms with Crippen LogP contribution in [0.15, 0.2) is 5.10 Å². The van der Waals surface area contributed by atoms with Crippen molar-refractivity contribution in [1.82, 2.24) is 10.9 Å². The molecule has 0 aliphatic heterocycles. The summed E-state index contributed by atoms with van der Waals surface area (Å²) in [6.45, 7) is 5.16. The van der Waals surface area contributed by atoms with Gasteiger partial charge in [-0.05, 0) is 12.8 Å². The van der Waals surface area contributed by atoms with Crippen molar-refractivity contribution in [3.63, 3.8) is 0 Å². The number of carbonyl (C=O) groups excluding carboxylic acids is 1. The van der Waals surface area contributed by atoms with Gasteiger partial charge in [0.1, 0.15) is 0 Å². The summed E-state index contributed by atoms with van der Waals surface area (Å²) in [7, 11) is 0. The second-order valence-electron chi connectivity index (χ2n) is 6.62. The van der Waals surface area contributed by atoms with Gasteiger partial charge in [-0.15, -0.1) is 5.10 Å². The summed E-state index contributed by atoms with van der Waals surface area (Å²) in [6, 6.07) is 0. The van der Waals surface area contributed by atoms with Crippen LogP contribution in [0.2, 0.25) is 0 Å². The number of carbonyl (C=O) groups is 1. The number of nitrogens with zero attached hydrogens (tertiary/aromatic N) is 1. The number of hydrazone groups is 1. The van der Waals surface area contributed by atoms with Crippen LogP contribution >= 0.6 is 0 Å². The fourth-order valence-corrected chi connectivity index (χ4v) is 2.53. The Morgan fingerprint density at radius 2 is 1.36 bits per heavy atom. The lowest BCUT2D eigenvalue weighted by Gasteiger charge is -2.06. The Labute approximate surface area is 154 Å². The summed E-state index contributed by atoms with van der Waals surface area (Å²) < 4.78 is 0. The lowest BCUT2D eigenvalue weighted by Crippen LogP contribution is -2.35. The summed E-state index contributed by atoms with van der Waals surface area (Å²) in [6.07, 6.45) is 16.3. The van der Waals surface area contributed by atoms with E-state index in [1.54, 1.807) is 0 Å². The molecule has 0 spiro atoms. The second-order valence-corrected chi connectivity index (χ2v) is 6.62. The lowest BCUT2D eigenvalue weighted by atomic mass is 10.1. The highest BCUT2D eigenvalue weighted by Gasteiger charge is 2.03. The minimum absolute atomic E-state index is 0.0813. The Morgan fingerprint density at radius 3 is 1.96 bits per heavy atom. The average molecular weight is 357 g/mol. The molecule has 0 heterocycles. The minimum Gasteiger partial charge on any atom is -0.366 e. The van der Waals surface area contributed by atoms with Gasteiger partial charge in [0.05, 0.1) is 0 Å². The molecule has 0 saturated heterocycles. The van der Waals surface area contributed by atoms with Crippen molar-refractivity contribution in [3.8, 4) is 0 Å². The number of hydroxylamine groups is 1. The lowest BCUT2D eigenvalue weighted by molar-refractivity contribution is -0.148. The molecule has 0 fully saturated rings. The van der Waals surface area contributed by atoms with Crippen LogP contribution in [-0.4, -0.2) is 18.5 Å². The van der Waals surface area contributed by atoms with E-state index >= 15 is 0 Å². The summed E-state index contributed by atoms with van der Waals surface area (Å²) in [5, 5.41) is 3.93. The smallest absolute Gasteiger partial charge is 0.332 e. The second kappa shape index (κ2) is 18.9. The van der Waals surface area contributed by atoms with Gasteiger partial charge in [-0.2, -0.15) is 5.48 Å². The van der Waals surface area contributed by atoms with Crippen LogP contribution in [0, 0.1) is 0 Å². The largest absolute Gasteiger partial charge is 0.366 e. The third-order valence-corrected chi connectivity index (χ3v) is 4.10. The van der Waals surface area contributed by atoms with Crippen LogP contribution in [0.5, 0.6) is 0 Å². The van der Waals surface area contributed by atoms with Crippen LogP contribution in [0.3, 0.4) is 0 Å². The van der Waals surface area contributed by atoms with Crippen LogP contribution in [0.1, 0.15) is 104 Å². The van der Waals surface area contributed by atoms with E-state index in [2.05, 4.69) is 29.9 Å². The Hall–Kier alpha value is -1.46. The maximum atomic E-state index is 11.5. The predicted molar refractivity (Wildman–Crippen MR) is 105 cm³/mol. The fourth-order valence-electron chi connectivity index (χ4n) is 2.53. The van der Waals surface area contributed by atoms with E-state index in [1.807, 2.05) is 0 Å². The topological polar surface area (TPSA) is 88.7 Å². The molecule has 148 valence electrons. The molecule has 0 aliphatic rings. The van der Waals surface area contributed by atoms with E-state index < -0.39 is 0 Å². The molecule has 0 aliphatic carbocycles. The first-order valence-corrected chi connectivity index (χ1v) is 10.2. The Morgan fingerprint density at radius 1 is 0.840 bits per heavy atom. The normalized spacial score (nSPS) is 11.4. The predicted octanol–water partition coefficient (Wildman–Crippen LogP) is 4.35. The third-order valence-electron chi connectivity index (χ3n) is 4.10. The van der Waals surface area contributed by atoms with Crippen molar-refractivity contribution >= 4 is 11.9 Å². The van der Waals surface area contributed by atoms with Crippen LogP contribution in [0.4, 0.5) is 0 Å². The highest BCUT2D eigenvalue weighted by Crippen LogP contribution is 2.09. The molecule has 4 N–H and O–H groups in total. The average Bonchev–Trinajstić information content (AvgIpc) is 2.61. The first kappa shape index (κ1) is 23.5. The number of rotatable bonds is 16. The summed E-state index contributed by atoms with van der Waals surface area (Å²) in [5.41, 5.74) is 10.9. The molecule has 0 saturated carbocycles. The fraction of sp³-hybridized carbons (Fsp3) is 0.895. The number of unbranched alkanes of at least 4 members (excludes halogenated alkanes) is 11. The van der Waals surface area contributed by atoms with Crippen molar-refractivity contribution in [2.75, 3.05) is 6.54 Å². The van der Waals surface area contributed by atoms with Crippen molar-refractivity contribution in [3.05, 3.63) is 0 Å². The molecule has 0 bridgehead atoms. The van der Waals surface area contributed by atoms with E-state index in [0.717, 1.165) is 38.6 Å². The Balaban J connectivity index is 3.39. The van der Waals surface area contributed by atoms with Gasteiger partial charge < -0.3 is 16.0 Å². The molecule has 0 aromatic heterocycles. The van der Waals surface area contributed by atoms with Crippen molar-refractivity contribution < 1.29 is 9.63 Å². The van der Waals surface area contributed by atoms with Gasteiger partial charge in [0.25, 0.3) is 0 Å². The standard InChI is InChI=1S/C19H40N4O2/c1-3-5-7-9-10-11-12-13-15-17-21-22-19(20)23-25-18(24)16-14-8-6-4-2/h21H,3-17H2,1-2H3,(H3,20,22,23). The first-order valence-electron chi connectivity index (χ1n) is 10.2. The van der Waals surface area contributed by atoms with Crippen molar-refractivity contribution in [2.45, 2.75) is 104 Å².